The number of rotatable bonds is 4. The number of aromatic nitrogens is 1. The van der Waals surface area contributed by atoms with Gasteiger partial charge in [0.05, 0.1) is 16.1 Å². The van der Waals surface area contributed by atoms with E-state index in [1.807, 2.05) is 18.5 Å². The van der Waals surface area contributed by atoms with E-state index in [1.165, 1.54) is 11.8 Å². The van der Waals surface area contributed by atoms with E-state index in [2.05, 4.69) is 22.4 Å². The van der Waals surface area contributed by atoms with E-state index in [0.717, 1.165) is 22.4 Å². The zero-order valence-corrected chi connectivity index (χ0v) is 11.9. The van der Waals surface area contributed by atoms with Gasteiger partial charge >= 0.3 is 0 Å². The first-order chi connectivity index (χ1) is 9.11. The highest BCUT2D eigenvalue weighted by molar-refractivity contribution is 7.13. The van der Waals surface area contributed by atoms with Crippen molar-refractivity contribution in [2.75, 3.05) is 0 Å². The van der Waals surface area contributed by atoms with Crippen LogP contribution in [0.3, 0.4) is 0 Å². The van der Waals surface area contributed by atoms with Crippen molar-refractivity contribution >= 4 is 17.2 Å². The molecule has 0 atom stereocenters. The van der Waals surface area contributed by atoms with E-state index >= 15 is 0 Å². The third-order valence-electron chi connectivity index (χ3n) is 2.96. The summed E-state index contributed by atoms with van der Waals surface area (Å²) in [6.45, 7) is 4.49. The van der Waals surface area contributed by atoms with E-state index in [-0.39, 0.29) is 5.91 Å². The minimum Gasteiger partial charge on any atom is -0.352 e. The van der Waals surface area contributed by atoms with Crippen LogP contribution in [0.2, 0.25) is 0 Å². The second kappa shape index (κ2) is 5.95. The Labute approximate surface area is 116 Å². The summed E-state index contributed by atoms with van der Waals surface area (Å²) in [7, 11) is 0. The quantitative estimate of drug-likeness (QED) is 0.899. The number of benzene rings is 1. The molecular weight excluding hydrogens is 258 g/mol. The molecule has 0 aliphatic heterocycles. The SMILES string of the molecule is CC(=O)NCc1ccc(-c2scnc2C)cc1CN. The molecule has 0 fully saturated rings. The lowest BCUT2D eigenvalue weighted by atomic mass is 10.0. The Hall–Kier alpha value is -1.72. The molecule has 5 heteroatoms. The lowest BCUT2D eigenvalue weighted by molar-refractivity contribution is -0.119. The van der Waals surface area contributed by atoms with Crippen molar-refractivity contribution in [3.63, 3.8) is 0 Å². The fourth-order valence-corrected chi connectivity index (χ4v) is 2.73. The molecule has 100 valence electrons. The van der Waals surface area contributed by atoms with Gasteiger partial charge in [0.2, 0.25) is 5.91 Å². The van der Waals surface area contributed by atoms with Crippen LogP contribution < -0.4 is 11.1 Å². The number of carbonyl (C=O) groups excluding carboxylic acids is 1. The summed E-state index contributed by atoms with van der Waals surface area (Å²) in [5, 5.41) is 2.80. The second-order valence-corrected chi connectivity index (χ2v) is 5.22. The third kappa shape index (κ3) is 3.19. The van der Waals surface area contributed by atoms with Crippen molar-refractivity contribution < 1.29 is 4.79 Å². The molecule has 1 aromatic heterocycles. The number of hydrogen-bond donors (Lipinski definition) is 2. The minimum atomic E-state index is -0.0367. The van der Waals surface area contributed by atoms with Gasteiger partial charge in [-0.25, -0.2) is 4.98 Å². The Morgan fingerprint density at radius 3 is 2.79 bits per heavy atom. The fourth-order valence-electron chi connectivity index (χ4n) is 1.93. The van der Waals surface area contributed by atoms with E-state index in [4.69, 9.17) is 5.73 Å². The van der Waals surface area contributed by atoms with Gasteiger partial charge in [0.25, 0.3) is 0 Å². The standard InChI is InChI=1S/C14H17N3OS/c1-9-14(19-8-17-9)11-3-4-12(7-16-10(2)18)13(5-11)6-15/h3-5,8H,6-7,15H2,1-2H3,(H,16,18). The van der Waals surface area contributed by atoms with Crippen LogP contribution >= 0.6 is 11.3 Å². The highest BCUT2D eigenvalue weighted by atomic mass is 32.1. The molecule has 2 rings (SSSR count). The predicted octanol–water partition coefficient (Wildman–Crippen LogP) is 2.21. The molecule has 1 aromatic carbocycles. The van der Waals surface area contributed by atoms with Crippen molar-refractivity contribution in [2.45, 2.75) is 26.9 Å². The van der Waals surface area contributed by atoms with Crippen LogP contribution in [0.1, 0.15) is 23.7 Å². The van der Waals surface area contributed by atoms with Gasteiger partial charge in [0.15, 0.2) is 0 Å². The maximum atomic E-state index is 11.0. The molecule has 0 aliphatic carbocycles. The molecular formula is C14H17N3OS. The largest absolute Gasteiger partial charge is 0.352 e. The van der Waals surface area contributed by atoms with Crippen LogP contribution in [0.5, 0.6) is 0 Å². The maximum Gasteiger partial charge on any atom is 0.217 e. The van der Waals surface area contributed by atoms with Crippen molar-refractivity contribution in [3.8, 4) is 10.4 Å². The van der Waals surface area contributed by atoms with E-state index in [1.54, 1.807) is 11.3 Å². The molecule has 0 saturated carbocycles. The Balaban J connectivity index is 2.30. The number of nitrogens with two attached hydrogens (primary N) is 1. The number of aryl methyl sites for hydroxylation is 1. The molecule has 3 N–H and O–H groups in total. The average molecular weight is 275 g/mol. The van der Waals surface area contributed by atoms with Gasteiger partial charge in [-0.05, 0) is 29.7 Å². The van der Waals surface area contributed by atoms with Crippen molar-refractivity contribution in [2.24, 2.45) is 5.73 Å². The summed E-state index contributed by atoms with van der Waals surface area (Å²) >= 11 is 1.62. The summed E-state index contributed by atoms with van der Waals surface area (Å²) in [5.41, 5.74) is 11.9. The van der Waals surface area contributed by atoms with Crippen LogP contribution in [0.4, 0.5) is 0 Å². The number of carbonyl (C=O) groups is 1. The van der Waals surface area contributed by atoms with Gasteiger partial charge in [0.1, 0.15) is 0 Å². The van der Waals surface area contributed by atoms with Crippen LogP contribution in [-0.4, -0.2) is 10.9 Å². The number of nitrogens with one attached hydrogen (secondary N) is 1. The van der Waals surface area contributed by atoms with Gasteiger partial charge in [-0.3, -0.25) is 4.79 Å². The predicted molar refractivity (Wildman–Crippen MR) is 77.7 cm³/mol. The molecule has 1 heterocycles. The monoisotopic (exact) mass is 275 g/mol. The van der Waals surface area contributed by atoms with Crippen LogP contribution in [0.25, 0.3) is 10.4 Å². The van der Waals surface area contributed by atoms with Gasteiger partial charge in [-0.15, -0.1) is 11.3 Å². The number of amides is 1. The van der Waals surface area contributed by atoms with Crippen molar-refractivity contribution in [1.29, 1.82) is 0 Å². The van der Waals surface area contributed by atoms with Crippen molar-refractivity contribution in [3.05, 3.63) is 40.5 Å². The molecule has 2 aromatic rings. The zero-order valence-electron chi connectivity index (χ0n) is 11.1. The smallest absolute Gasteiger partial charge is 0.217 e. The lowest BCUT2D eigenvalue weighted by Gasteiger charge is -2.10. The molecule has 0 saturated heterocycles. The molecule has 0 bridgehead atoms. The summed E-state index contributed by atoms with van der Waals surface area (Å²) in [4.78, 5) is 16.4. The van der Waals surface area contributed by atoms with Crippen LogP contribution in [0, 0.1) is 6.92 Å². The molecule has 1 amide bonds. The lowest BCUT2D eigenvalue weighted by Crippen LogP contribution is -2.20. The number of hydrogen-bond acceptors (Lipinski definition) is 4. The third-order valence-corrected chi connectivity index (χ3v) is 3.94. The molecule has 0 radical (unpaired) electrons. The molecule has 4 nitrogen and oxygen atoms in total. The first-order valence-electron chi connectivity index (χ1n) is 6.08. The van der Waals surface area contributed by atoms with E-state index in [0.29, 0.717) is 13.1 Å². The first-order valence-corrected chi connectivity index (χ1v) is 6.96. The average Bonchev–Trinajstić information content (AvgIpc) is 2.82. The van der Waals surface area contributed by atoms with E-state index < -0.39 is 0 Å². The van der Waals surface area contributed by atoms with Gasteiger partial charge in [-0.1, -0.05) is 12.1 Å². The summed E-state index contributed by atoms with van der Waals surface area (Å²) in [5.74, 6) is -0.0367. The van der Waals surface area contributed by atoms with Crippen LogP contribution in [0.15, 0.2) is 23.7 Å². The topological polar surface area (TPSA) is 68.0 Å². The van der Waals surface area contributed by atoms with E-state index in [9.17, 15) is 4.79 Å². The molecule has 0 unspecified atom stereocenters. The second-order valence-electron chi connectivity index (χ2n) is 4.36. The zero-order chi connectivity index (χ0) is 13.8. The Morgan fingerprint density at radius 1 is 1.42 bits per heavy atom. The number of thiazole rings is 1. The maximum absolute atomic E-state index is 11.0. The highest BCUT2D eigenvalue weighted by Gasteiger charge is 2.08. The fraction of sp³-hybridized carbons (Fsp3) is 0.286. The Morgan fingerprint density at radius 2 is 2.21 bits per heavy atom. The molecule has 0 spiro atoms. The summed E-state index contributed by atoms with van der Waals surface area (Å²) in [6.07, 6.45) is 0. The highest BCUT2D eigenvalue weighted by Crippen LogP contribution is 2.28. The minimum absolute atomic E-state index is 0.0367. The summed E-state index contributed by atoms with van der Waals surface area (Å²) in [6, 6.07) is 6.15. The number of nitrogens with zero attached hydrogens (tertiary/aromatic N) is 1. The Bertz CT molecular complexity index is 592. The van der Waals surface area contributed by atoms with Crippen LogP contribution in [-0.2, 0) is 17.9 Å². The first kappa shape index (κ1) is 13.7. The molecule has 0 aliphatic rings. The molecule has 19 heavy (non-hydrogen) atoms. The van der Waals surface area contributed by atoms with Gasteiger partial charge in [-0.2, -0.15) is 0 Å². The van der Waals surface area contributed by atoms with Gasteiger partial charge < -0.3 is 11.1 Å². The van der Waals surface area contributed by atoms with Gasteiger partial charge in [0, 0.05) is 20.0 Å². The normalized spacial score (nSPS) is 10.5. The summed E-state index contributed by atoms with van der Waals surface area (Å²) < 4.78 is 0. The Kier molecular flexibility index (Phi) is 4.29. The van der Waals surface area contributed by atoms with Crippen molar-refractivity contribution in [1.82, 2.24) is 10.3 Å².